The minimum atomic E-state index is -1.82. The minimum Gasteiger partial charge on any atom is -0.504 e. The average Bonchev–Trinajstić information content (AvgIpc) is 3.09. The molecule has 5 rings (SSSR count). The summed E-state index contributed by atoms with van der Waals surface area (Å²) in [5.74, 6) is -0.288. The highest BCUT2D eigenvalue weighted by molar-refractivity contribution is 5.87. The first-order valence-electron chi connectivity index (χ1n) is 11.6. The number of aliphatic hydroxyl groups is 3. The molecule has 3 fully saturated rings. The molecule has 0 amide bonds. The summed E-state index contributed by atoms with van der Waals surface area (Å²) in [6.45, 7) is 2.10. The molecule has 33 heavy (non-hydrogen) atoms. The predicted molar refractivity (Wildman–Crippen MR) is 113 cm³/mol. The van der Waals surface area contributed by atoms with Crippen LogP contribution in [0.4, 0.5) is 0 Å². The van der Waals surface area contributed by atoms with Crippen LogP contribution >= 0.6 is 0 Å². The van der Waals surface area contributed by atoms with Crippen LogP contribution in [-0.4, -0.2) is 68.0 Å². The zero-order valence-electron chi connectivity index (χ0n) is 18.4. The topological polar surface area (TPSA) is 154 Å². The summed E-state index contributed by atoms with van der Waals surface area (Å²) in [6, 6.07) is 3.39. The molecular weight excluding hydrogens is 432 g/mol. The molecule has 9 heteroatoms. The zero-order chi connectivity index (χ0) is 23.7. The van der Waals surface area contributed by atoms with Gasteiger partial charge in [-0.15, -0.1) is 0 Å². The van der Waals surface area contributed by atoms with Crippen molar-refractivity contribution in [2.24, 2.45) is 17.3 Å². The summed E-state index contributed by atoms with van der Waals surface area (Å²) in [5.41, 5.74) is 1.55. The molecule has 0 spiro atoms. The molecule has 0 radical (unpaired) electrons. The number of phenols is 1. The Morgan fingerprint density at radius 2 is 1.85 bits per heavy atom. The first kappa shape index (κ1) is 22.6. The number of hydrogen-bond donors (Lipinski definition) is 5. The van der Waals surface area contributed by atoms with E-state index in [0.717, 1.165) is 36.8 Å². The Labute approximate surface area is 190 Å². The summed E-state index contributed by atoms with van der Waals surface area (Å²) in [7, 11) is 0. The number of benzene rings is 1. The van der Waals surface area contributed by atoms with Gasteiger partial charge in [0.15, 0.2) is 17.6 Å². The molecular formula is C24H30O9. The van der Waals surface area contributed by atoms with Crippen molar-refractivity contribution in [3.63, 3.8) is 0 Å². The number of carbonyl (C=O) groups is 2. The van der Waals surface area contributed by atoms with E-state index in [1.807, 2.05) is 6.07 Å². The molecule has 2 saturated carbocycles. The highest BCUT2D eigenvalue weighted by Gasteiger charge is 2.55. The van der Waals surface area contributed by atoms with E-state index in [9.17, 15) is 35.1 Å². The van der Waals surface area contributed by atoms with Crippen LogP contribution in [0.25, 0.3) is 0 Å². The van der Waals surface area contributed by atoms with Gasteiger partial charge in [0.2, 0.25) is 6.29 Å². The lowest BCUT2D eigenvalue weighted by Crippen LogP contribution is -2.61. The van der Waals surface area contributed by atoms with E-state index in [0.29, 0.717) is 30.5 Å². The van der Waals surface area contributed by atoms with Gasteiger partial charge in [-0.05, 0) is 61.5 Å². The van der Waals surface area contributed by atoms with Gasteiger partial charge in [-0.2, -0.15) is 0 Å². The third-order valence-electron chi connectivity index (χ3n) is 8.60. The summed E-state index contributed by atoms with van der Waals surface area (Å²) in [5, 5.41) is 50.2. The monoisotopic (exact) mass is 462 g/mol. The van der Waals surface area contributed by atoms with Crippen LogP contribution in [0, 0.1) is 17.3 Å². The van der Waals surface area contributed by atoms with Crippen molar-refractivity contribution in [1.29, 1.82) is 0 Å². The van der Waals surface area contributed by atoms with Crippen LogP contribution in [-0.2, 0) is 20.7 Å². The Morgan fingerprint density at radius 3 is 2.58 bits per heavy atom. The van der Waals surface area contributed by atoms with Crippen LogP contribution in [0.5, 0.6) is 11.5 Å². The highest BCUT2D eigenvalue weighted by Crippen LogP contribution is 2.60. The van der Waals surface area contributed by atoms with E-state index in [1.54, 1.807) is 0 Å². The number of rotatable bonds is 3. The van der Waals surface area contributed by atoms with Gasteiger partial charge in [0.25, 0.3) is 0 Å². The van der Waals surface area contributed by atoms with Crippen LogP contribution < -0.4 is 4.74 Å². The maximum atomic E-state index is 12.6. The zero-order valence-corrected chi connectivity index (χ0v) is 18.4. The summed E-state index contributed by atoms with van der Waals surface area (Å²) < 4.78 is 11.0. The fourth-order valence-corrected chi connectivity index (χ4v) is 6.79. The first-order valence-corrected chi connectivity index (χ1v) is 11.6. The predicted octanol–water partition coefficient (Wildman–Crippen LogP) is 1.09. The Hall–Kier alpha value is -2.20. The van der Waals surface area contributed by atoms with Crippen molar-refractivity contribution in [3.8, 4) is 11.5 Å². The number of aromatic hydroxyl groups is 1. The molecule has 1 aromatic rings. The molecule has 4 aliphatic rings. The number of ether oxygens (including phenoxy) is 2. The number of carbonyl (C=O) groups excluding carboxylic acids is 1. The molecule has 9 nitrogen and oxygen atoms in total. The van der Waals surface area contributed by atoms with Crippen molar-refractivity contribution in [3.05, 3.63) is 23.3 Å². The molecule has 180 valence electrons. The second-order valence-electron chi connectivity index (χ2n) is 10.2. The Balaban J connectivity index is 1.45. The van der Waals surface area contributed by atoms with Crippen molar-refractivity contribution >= 4 is 11.8 Å². The highest BCUT2D eigenvalue weighted by atomic mass is 16.7. The van der Waals surface area contributed by atoms with Gasteiger partial charge in [-0.3, -0.25) is 4.79 Å². The molecule has 1 aromatic carbocycles. The number of carboxylic acid groups (broad SMARTS) is 1. The molecule has 1 heterocycles. The largest absolute Gasteiger partial charge is 0.504 e. The Bertz CT molecular complexity index is 977. The van der Waals surface area contributed by atoms with Crippen molar-refractivity contribution in [2.75, 3.05) is 0 Å². The lowest BCUT2D eigenvalue weighted by Gasteiger charge is -2.48. The molecule has 1 aliphatic heterocycles. The van der Waals surface area contributed by atoms with E-state index in [2.05, 4.69) is 6.92 Å². The van der Waals surface area contributed by atoms with Crippen LogP contribution in [0.15, 0.2) is 12.1 Å². The van der Waals surface area contributed by atoms with Gasteiger partial charge in [0.1, 0.15) is 24.1 Å². The fourth-order valence-electron chi connectivity index (χ4n) is 6.79. The van der Waals surface area contributed by atoms with Crippen molar-refractivity contribution in [1.82, 2.24) is 0 Å². The van der Waals surface area contributed by atoms with Crippen molar-refractivity contribution in [2.45, 2.75) is 82.1 Å². The van der Waals surface area contributed by atoms with Gasteiger partial charge in [0, 0.05) is 17.4 Å². The third-order valence-corrected chi connectivity index (χ3v) is 8.60. The Kier molecular flexibility index (Phi) is 5.43. The number of phenolic OH excluding ortho intramolecular Hbond substituents is 1. The van der Waals surface area contributed by atoms with E-state index >= 15 is 0 Å². The van der Waals surface area contributed by atoms with E-state index in [4.69, 9.17) is 9.47 Å². The van der Waals surface area contributed by atoms with Gasteiger partial charge in [-0.25, -0.2) is 4.79 Å². The van der Waals surface area contributed by atoms with Gasteiger partial charge < -0.3 is 35.0 Å². The minimum absolute atomic E-state index is 0.0959. The van der Waals surface area contributed by atoms with E-state index in [-0.39, 0.29) is 22.8 Å². The van der Waals surface area contributed by atoms with E-state index in [1.165, 1.54) is 6.07 Å². The Morgan fingerprint density at radius 1 is 1.09 bits per heavy atom. The van der Waals surface area contributed by atoms with Crippen LogP contribution in [0.1, 0.15) is 56.1 Å². The molecule has 1 saturated heterocycles. The van der Waals surface area contributed by atoms with Crippen LogP contribution in [0.2, 0.25) is 0 Å². The maximum Gasteiger partial charge on any atom is 0.335 e. The first-order chi connectivity index (χ1) is 15.6. The number of aliphatic carboxylic acids is 1. The molecule has 5 N–H and O–H groups in total. The molecule has 0 unspecified atom stereocenters. The summed E-state index contributed by atoms with van der Waals surface area (Å²) in [4.78, 5) is 24.0. The second-order valence-corrected chi connectivity index (χ2v) is 10.2. The average molecular weight is 462 g/mol. The normalized spacial score (nSPS) is 42.2. The summed E-state index contributed by atoms with van der Waals surface area (Å²) >= 11 is 0. The summed E-state index contributed by atoms with van der Waals surface area (Å²) in [6.07, 6.45) is -4.02. The fraction of sp³-hybridized carbons (Fsp3) is 0.667. The van der Waals surface area contributed by atoms with Crippen molar-refractivity contribution < 1.29 is 44.6 Å². The lowest BCUT2D eigenvalue weighted by atomic mass is 9.55. The number of carboxylic acids is 1. The second kappa shape index (κ2) is 7.94. The molecule has 3 aliphatic carbocycles. The molecule has 0 bridgehead atoms. The molecule has 0 aromatic heterocycles. The molecule has 9 atom stereocenters. The quantitative estimate of drug-likeness (QED) is 0.444. The number of ketones is 1. The van der Waals surface area contributed by atoms with Gasteiger partial charge >= 0.3 is 5.97 Å². The smallest absolute Gasteiger partial charge is 0.335 e. The number of fused-ring (bicyclic) bond motifs is 5. The standard InChI is InChI=1S/C24H30O9/c1-24-9-8-11-10-4-6-15(25)20(13(10)3-2-12(11)14(24)5-7-16(24)26)32-23-19(29)17(27)18(28)21(33-23)22(30)31/h4,6,11-12,14,17-19,21,23,25,27-29H,2-3,5,7-9H2,1H3,(H,30,31)/t11-,12-,14+,17+,18+,19-,21+,23-,24+/m1/s1. The van der Waals surface area contributed by atoms with E-state index < -0.39 is 36.7 Å². The lowest BCUT2D eigenvalue weighted by molar-refractivity contribution is -0.271. The number of Topliss-reactive ketones (excluding diaryl/α,β-unsaturated/α-hetero) is 1. The van der Waals surface area contributed by atoms with Gasteiger partial charge in [-0.1, -0.05) is 13.0 Å². The number of aliphatic hydroxyl groups excluding tert-OH is 3. The SMILES string of the molecule is C[C@]12CC[C@@H]3c4ccc(O)c(O[C@@H]5O[C@H](C(=O)O)[C@@H](O)[C@H](O)[C@H]5O)c4CC[C@H]3[C@@H]1CCC2=O. The maximum absolute atomic E-state index is 12.6. The number of hydrogen-bond acceptors (Lipinski definition) is 8. The third kappa shape index (κ3) is 3.36. The van der Waals surface area contributed by atoms with Gasteiger partial charge in [0.05, 0.1) is 0 Å². The van der Waals surface area contributed by atoms with Crippen LogP contribution in [0.3, 0.4) is 0 Å².